The number of hydrogen-bond donors (Lipinski definition) is 2. The van der Waals surface area contributed by atoms with Crippen molar-refractivity contribution in [3.63, 3.8) is 0 Å². The predicted molar refractivity (Wildman–Crippen MR) is 103 cm³/mol. The molecule has 2 N–H and O–H groups in total. The first kappa shape index (κ1) is 17.8. The van der Waals surface area contributed by atoms with Gasteiger partial charge in [-0.2, -0.15) is 0 Å². The van der Waals surface area contributed by atoms with Crippen molar-refractivity contribution in [1.82, 2.24) is 9.55 Å². The van der Waals surface area contributed by atoms with Crippen LogP contribution in [-0.4, -0.2) is 21.2 Å². The first-order valence-corrected chi connectivity index (χ1v) is 8.50. The minimum absolute atomic E-state index is 0.0367. The molecule has 7 heteroatoms. The Morgan fingerprint density at radius 1 is 1.12 bits per heavy atom. The lowest BCUT2D eigenvalue weighted by Gasteiger charge is -2.08. The maximum atomic E-state index is 12.5. The molecule has 3 aromatic rings. The largest absolute Gasteiger partial charge is 0.332 e. The summed E-state index contributed by atoms with van der Waals surface area (Å²) in [5, 5.41) is 3.24. The van der Waals surface area contributed by atoms with Gasteiger partial charge in [-0.3, -0.25) is 19.0 Å². The standard InChI is InChI=1S/C19H17N3O3S/c1-3-22-18(25)15-9-6-13(10-16(15)21-19(22)26)17(24)20-14-7-4-12(5-8-14)11(2)23/h4-10H,3H2,1-2H3,(H,20,24)(H,21,26). The number of nitrogens with zero attached hydrogens (tertiary/aromatic N) is 1. The molecule has 0 saturated heterocycles. The van der Waals surface area contributed by atoms with Crippen molar-refractivity contribution in [3.8, 4) is 0 Å². The van der Waals surface area contributed by atoms with E-state index in [-0.39, 0.29) is 17.2 Å². The second-order valence-electron chi connectivity index (χ2n) is 5.83. The van der Waals surface area contributed by atoms with Crippen LogP contribution in [0.1, 0.15) is 34.6 Å². The average Bonchev–Trinajstić information content (AvgIpc) is 2.62. The zero-order valence-electron chi connectivity index (χ0n) is 14.3. The van der Waals surface area contributed by atoms with Gasteiger partial charge >= 0.3 is 0 Å². The van der Waals surface area contributed by atoms with Crippen LogP contribution in [0.3, 0.4) is 0 Å². The zero-order chi connectivity index (χ0) is 18.8. The van der Waals surface area contributed by atoms with Crippen molar-refractivity contribution in [2.45, 2.75) is 20.4 Å². The van der Waals surface area contributed by atoms with E-state index in [1.165, 1.54) is 11.5 Å². The minimum Gasteiger partial charge on any atom is -0.332 e. The quantitative estimate of drug-likeness (QED) is 0.546. The van der Waals surface area contributed by atoms with Crippen LogP contribution in [0.15, 0.2) is 47.3 Å². The number of aromatic amines is 1. The van der Waals surface area contributed by atoms with Crippen molar-refractivity contribution >= 4 is 40.5 Å². The number of H-pyrrole nitrogens is 1. The Hall–Kier alpha value is -3.06. The molecule has 0 spiro atoms. The van der Waals surface area contributed by atoms with Crippen LogP contribution in [0.5, 0.6) is 0 Å². The van der Waals surface area contributed by atoms with Crippen LogP contribution in [0.25, 0.3) is 10.9 Å². The first-order valence-electron chi connectivity index (χ1n) is 8.10. The normalized spacial score (nSPS) is 10.7. The van der Waals surface area contributed by atoms with Crippen LogP contribution in [-0.2, 0) is 6.54 Å². The number of carbonyl (C=O) groups is 2. The number of rotatable bonds is 4. The molecule has 2 aromatic carbocycles. The molecule has 1 heterocycles. The molecule has 0 aliphatic carbocycles. The van der Waals surface area contributed by atoms with Crippen LogP contribution in [0.4, 0.5) is 5.69 Å². The second kappa shape index (κ2) is 7.05. The van der Waals surface area contributed by atoms with Gasteiger partial charge in [0.25, 0.3) is 11.5 Å². The molecule has 0 unspecified atom stereocenters. The Labute approximate surface area is 154 Å². The molecule has 0 radical (unpaired) electrons. The number of amides is 1. The summed E-state index contributed by atoms with van der Waals surface area (Å²) in [7, 11) is 0. The van der Waals surface area contributed by atoms with Crippen LogP contribution < -0.4 is 10.9 Å². The van der Waals surface area contributed by atoms with Crippen molar-refractivity contribution in [3.05, 3.63) is 68.7 Å². The molecule has 0 saturated carbocycles. The maximum absolute atomic E-state index is 12.5. The van der Waals surface area contributed by atoms with E-state index in [1.807, 2.05) is 6.92 Å². The molecule has 6 nitrogen and oxygen atoms in total. The molecule has 0 bridgehead atoms. The summed E-state index contributed by atoms with van der Waals surface area (Å²) < 4.78 is 1.79. The number of ketones is 1. The number of fused-ring (bicyclic) bond motifs is 1. The van der Waals surface area contributed by atoms with Gasteiger partial charge in [-0.05, 0) is 68.5 Å². The highest BCUT2D eigenvalue weighted by molar-refractivity contribution is 7.71. The second-order valence-corrected chi connectivity index (χ2v) is 6.21. The number of anilines is 1. The molecule has 132 valence electrons. The molecule has 1 aromatic heterocycles. The molecule has 1 amide bonds. The third kappa shape index (κ3) is 3.34. The van der Waals surface area contributed by atoms with Crippen molar-refractivity contribution < 1.29 is 9.59 Å². The third-order valence-corrected chi connectivity index (χ3v) is 4.43. The van der Waals surface area contributed by atoms with E-state index in [4.69, 9.17) is 12.2 Å². The molecule has 0 atom stereocenters. The van der Waals surface area contributed by atoms with Crippen molar-refractivity contribution in [2.24, 2.45) is 0 Å². The molecular formula is C19H17N3O3S. The number of aromatic nitrogens is 2. The van der Waals surface area contributed by atoms with Crippen molar-refractivity contribution in [2.75, 3.05) is 5.32 Å². The van der Waals surface area contributed by atoms with Crippen LogP contribution in [0.2, 0.25) is 0 Å². The topological polar surface area (TPSA) is 84.0 Å². The molecule has 26 heavy (non-hydrogen) atoms. The predicted octanol–water partition coefficient (Wildman–Crippen LogP) is 3.53. The Bertz CT molecular complexity index is 1130. The molecule has 3 rings (SSSR count). The Morgan fingerprint density at radius 3 is 2.38 bits per heavy atom. The molecule has 0 aliphatic heterocycles. The van der Waals surface area contributed by atoms with E-state index in [9.17, 15) is 14.4 Å². The fourth-order valence-electron chi connectivity index (χ4n) is 2.67. The average molecular weight is 367 g/mol. The van der Waals surface area contributed by atoms with E-state index in [0.717, 1.165) is 0 Å². The van der Waals surface area contributed by atoms with E-state index >= 15 is 0 Å². The van der Waals surface area contributed by atoms with E-state index in [0.29, 0.717) is 39.0 Å². The number of Topliss-reactive ketones (excluding diaryl/α,β-unsaturated/α-hetero) is 1. The summed E-state index contributed by atoms with van der Waals surface area (Å²) in [6.45, 7) is 3.80. The van der Waals surface area contributed by atoms with Crippen LogP contribution in [0, 0.1) is 4.77 Å². The summed E-state index contributed by atoms with van der Waals surface area (Å²) in [5.41, 5.74) is 1.89. The van der Waals surface area contributed by atoms with Gasteiger partial charge in [0, 0.05) is 23.4 Å². The van der Waals surface area contributed by atoms with Gasteiger partial charge in [0.05, 0.1) is 10.9 Å². The Morgan fingerprint density at radius 2 is 1.77 bits per heavy atom. The van der Waals surface area contributed by atoms with Crippen LogP contribution >= 0.6 is 12.2 Å². The SMILES string of the molecule is CCn1c(=S)[nH]c2cc(C(=O)Nc3ccc(C(C)=O)cc3)ccc2c1=O. The molecule has 0 fully saturated rings. The fraction of sp³-hybridized carbons (Fsp3) is 0.158. The van der Waals surface area contributed by atoms with Gasteiger partial charge in [0.2, 0.25) is 0 Å². The smallest absolute Gasteiger partial charge is 0.262 e. The molecular weight excluding hydrogens is 350 g/mol. The summed E-state index contributed by atoms with van der Waals surface area (Å²) >= 11 is 5.19. The van der Waals surface area contributed by atoms with Crippen molar-refractivity contribution in [1.29, 1.82) is 0 Å². The van der Waals surface area contributed by atoms with Gasteiger partial charge in [-0.25, -0.2) is 0 Å². The third-order valence-electron chi connectivity index (χ3n) is 4.11. The lowest BCUT2D eigenvalue weighted by Crippen LogP contribution is -2.21. The highest BCUT2D eigenvalue weighted by Gasteiger charge is 2.10. The van der Waals surface area contributed by atoms with E-state index in [2.05, 4.69) is 10.3 Å². The Kier molecular flexibility index (Phi) is 4.81. The zero-order valence-corrected chi connectivity index (χ0v) is 15.1. The fourth-order valence-corrected chi connectivity index (χ4v) is 3.00. The number of nitrogens with one attached hydrogen (secondary N) is 2. The summed E-state index contributed by atoms with van der Waals surface area (Å²) in [6.07, 6.45) is 0. The minimum atomic E-state index is -0.318. The number of carbonyl (C=O) groups excluding carboxylic acids is 2. The highest BCUT2D eigenvalue weighted by Crippen LogP contribution is 2.15. The van der Waals surface area contributed by atoms with Gasteiger partial charge < -0.3 is 10.3 Å². The maximum Gasteiger partial charge on any atom is 0.262 e. The Balaban J connectivity index is 1.92. The first-order chi connectivity index (χ1) is 12.4. The van der Waals surface area contributed by atoms with Gasteiger partial charge in [0.1, 0.15) is 0 Å². The van der Waals surface area contributed by atoms with E-state index < -0.39 is 0 Å². The monoisotopic (exact) mass is 367 g/mol. The lowest BCUT2D eigenvalue weighted by molar-refractivity contribution is 0.101. The summed E-state index contributed by atoms with van der Waals surface area (Å²) in [5.74, 6) is -0.355. The summed E-state index contributed by atoms with van der Waals surface area (Å²) in [4.78, 5) is 39.1. The van der Waals surface area contributed by atoms with Gasteiger partial charge in [-0.1, -0.05) is 0 Å². The number of benzene rings is 2. The highest BCUT2D eigenvalue weighted by atomic mass is 32.1. The number of hydrogen-bond acceptors (Lipinski definition) is 4. The molecule has 0 aliphatic rings. The van der Waals surface area contributed by atoms with Gasteiger partial charge in [-0.15, -0.1) is 0 Å². The summed E-state index contributed by atoms with van der Waals surface area (Å²) in [6, 6.07) is 11.5. The van der Waals surface area contributed by atoms with E-state index in [1.54, 1.807) is 42.5 Å². The van der Waals surface area contributed by atoms with Gasteiger partial charge in [0.15, 0.2) is 10.6 Å². The lowest BCUT2D eigenvalue weighted by atomic mass is 10.1.